The van der Waals surface area contributed by atoms with Gasteiger partial charge in [-0.05, 0) is 146 Å². The van der Waals surface area contributed by atoms with Crippen LogP contribution in [0.15, 0.2) is 119 Å². The molecule has 7 N–H and O–H groups in total. The number of aliphatic hydroxyl groups is 2. The van der Waals surface area contributed by atoms with Gasteiger partial charge < -0.3 is 41.3 Å². The van der Waals surface area contributed by atoms with Crippen molar-refractivity contribution in [3.8, 4) is 11.4 Å². The van der Waals surface area contributed by atoms with Crippen molar-refractivity contribution in [1.82, 2.24) is 19.9 Å². The van der Waals surface area contributed by atoms with Crippen molar-refractivity contribution in [2.45, 2.75) is 64.6 Å². The van der Waals surface area contributed by atoms with Gasteiger partial charge in [-0.1, -0.05) is 24.8 Å². The number of nitrogens with one attached hydrogen (secondary N) is 1. The first-order chi connectivity index (χ1) is 31.5. The minimum absolute atomic E-state index is 0.151. The van der Waals surface area contributed by atoms with Crippen molar-refractivity contribution < 1.29 is 10.2 Å². The van der Waals surface area contributed by atoms with Crippen LogP contribution < -0.4 is 21.3 Å². The Hall–Kier alpha value is -7.40. The number of aryl methyl sites for hydroxylation is 2. The molecule has 7 heterocycles. The van der Waals surface area contributed by atoms with Crippen LogP contribution in [0.1, 0.15) is 59.2 Å². The summed E-state index contributed by atoms with van der Waals surface area (Å²) >= 11 is 0. The zero-order chi connectivity index (χ0) is 45.0. The molecule has 0 atom stereocenters. The number of piperidine rings is 2. The molecule has 0 saturated carbocycles. The van der Waals surface area contributed by atoms with E-state index >= 15 is 0 Å². The van der Waals surface area contributed by atoms with E-state index in [9.17, 15) is 10.2 Å². The molecule has 0 unspecified atom stereocenters. The average molecular weight is 864 g/mol. The van der Waals surface area contributed by atoms with Gasteiger partial charge in [0.25, 0.3) is 5.82 Å². The number of rotatable bonds is 5. The molecule has 328 valence electrons. The molecule has 0 amide bonds. The van der Waals surface area contributed by atoms with E-state index in [2.05, 4.69) is 102 Å². The highest BCUT2D eigenvalue weighted by molar-refractivity contribution is 6.09. The largest absolute Gasteiger partial charge is 0.397 e. The lowest BCUT2D eigenvalue weighted by molar-refractivity contribution is 0.145. The predicted octanol–water partition coefficient (Wildman–Crippen LogP) is 9.00. The Balaban J connectivity index is 0.000000142. The number of hydrogen-bond donors (Lipinski definition) is 5. The minimum atomic E-state index is -0.167. The first kappa shape index (κ1) is 42.9. The van der Waals surface area contributed by atoms with Crippen LogP contribution in [-0.2, 0) is 12.8 Å². The fourth-order valence-electron chi connectivity index (χ4n) is 8.55. The van der Waals surface area contributed by atoms with Crippen LogP contribution >= 0.6 is 0 Å². The van der Waals surface area contributed by atoms with Crippen molar-refractivity contribution >= 4 is 62.4 Å². The van der Waals surface area contributed by atoms with Gasteiger partial charge in [-0.2, -0.15) is 0 Å². The normalized spacial score (nSPS) is 15.8. The molecule has 65 heavy (non-hydrogen) atoms. The number of nitrogens with two attached hydrogens (primary N) is 2. The molecule has 11 rings (SSSR count). The highest BCUT2D eigenvalue weighted by Gasteiger charge is 2.24. The molecule has 4 aromatic carbocycles. The number of benzene rings is 4. The number of anilines is 4. The van der Waals surface area contributed by atoms with Gasteiger partial charge in [0.15, 0.2) is 0 Å². The third-order valence-electron chi connectivity index (χ3n) is 12.4. The number of nitrogen functional groups attached to an aromatic ring is 2. The van der Waals surface area contributed by atoms with Crippen LogP contribution in [0.5, 0.6) is 0 Å². The number of aliphatic imine (C=N–C) groups is 2. The monoisotopic (exact) mass is 863 g/mol. The Morgan fingerprint density at radius 3 is 1.88 bits per heavy atom. The second-order valence-corrected chi connectivity index (χ2v) is 17.2. The summed E-state index contributed by atoms with van der Waals surface area (Å²) < 4.78 is 0. The van der Waals surface area contributed by atoms with E-state index in [1.54, 1.807) is 18.3 Å². The Bertz CT molecular complexity index is 2940. The van der Waals surface area contributed by atoms with Crippen LogP contribution in [0, 0.1) is 20.4 Å². The number of fused-ring (bicyclic) bond motifs is 3. The van der Waals surface area contributed by atoms with Gasteiger partial charge in [-0.25, -0.2) is 4.98 Å². The Kier molecular flexibility index (Phi) is 12.4. The van der Waals surface area contributed by atoms with E-state index in [-0.39, 0.29) is 12.2 Å². The topological polar surface area (TPSA) is 183 Å². The van der Waals surface area contributed by atoms with Crippen LogP contribution in [-0.4, -0.2) is 80.0 Å². The highest BCUT2D eigenvalue weighted by Crippen LogP contribution is 2.36. The molecule has 4 aliphatic rings. The quantitative estimate of drug-likeness (QED) is 0.0833. The number of aliphatic hydroxyl groups excluding tert-OH is 2. The van der Waals surface area contributed by atoms with Gasteiger partial charge in [0.2, 0.25) is 0 Å². The Morgan fingerprint density at radius 2 is 1.23 bits per heavy atom. The van der Waals surface area contributed by atoms with Crippen molar-refractivity contribution in [2.24, 2.45) is 9.98 Å². The van der Waals surface area contributed by atoms with Crippen molar-refractivity contribution in [3.63, 3.8) is 0 Å². The standard InChI is InChI=1S/C27H26N4O.C18H21N5O.C7H6N2/c1-17-2-5-25(28-16-17)27-15-19-12-18(3-6-23(19)30-27)26-14-20-13-21(4-7-24(20)29-26)31-10-8-22(32)9-11-31;19-14-3-1-11(9-15(14)20)18-21-16-4-2-12(10-17(16)22-18)23-7-5-13(24)6-8-23;1-6-3-4-7(8-2)9-5-6/h2-7,12-13,16,22,32H,8-11,14-15H2,1H3;1-4,9-10,13,24H,5-8,19-20H2,(H,21,22);3-5H,1H3. The molecule has 3 aromatic heterocycles. The zero-order valence-electron chi connectivity index (χ0n) is 36.7. The van der Waals surface area contributed by atoms with Crippen molar-refractivity contribution in [1.29, 1.82) is 0 Å². The SMILES string of the molecule is Cc1ccc(C2=Nc3ccc(C4=Nc5ccc(N6CCC(O)CC6)cc5C4)cc3C2)nc1.Nc1ccc(-c2nc3ccc(N4CCC(O)CC4)cc3[nH]2)cc1N.[C-]#[N+]c1ccc(C)cn1. The van der Waals surface area contributed by atoms with Crippen molar-refractivity contribution in [2.75, 3.05) is 47.4 Å². The first-order valence-corrected chi connectivity index (χ1v) is 22.2. The number of aromatic amines is 1. The van der Waals surface area contributed by atoms with Gasteiger partial charge in [0, 0.05) is 62.2 Å². The summed E-state index contributed by atoms with van der Waals surface area (Å²) in [7, 11) is 0. The lowest BCUT2D eigenvalue weighted by atomic mass is 9.99. The minimum Gasteiger partial charge on any atom is -0.397 e. The summed E-state index contributed by atoms with van der Waals surface area (Å²) in [5.74, 6) is 1.24. The lowest BCUT2D eigenvalue weighted by Gasteiger charge is -2.31. The second kappa shape index (κ2) is 18.8. The van der Waals surface area contributed by atoms with Gasteiger partial charge >= 0.3 is 0 Å². The fourth-order valence-corrected chi connectivity index (χ4v) is 8.55. The van der Waals surface area contributed by atoms with Crippen LogP contribution in [0.4, 0.5) is 39.9 Å². The zero-order valence-corrected chi connectivity index (χ0v) is 36.7. The summed E-state index contributed by atoms with van der Waals surface area (Å²) in [6.45, 7) is 14.2. The molecule has 4 aliphatic heterocycles. The molecule has 2 saturated heterocycles. The van der Waals surface area contributed by atoms with Gasteiger partial charge in [0.05, 0.1) is 63.1 Å². The van der Waals surface area contributed by atoms with E-state index in [4.69, 9.17) is 28.0 Å². The van der Waals surface area contributed by atoms with Crippen LogP contribution in [0.25, 0.3) is 27.3 Å². The number of H-pyrrole nitrogens is 1. The highest BCUT2D eigenvalue weighted by atomic mass is 16.3. The molecule has 0 bridgehead atoms. The molecular formula is C52H53N11O2. The number of hydrogen-bond acceptors (Lipinski definition) is 11. The second-order valence-electron chi connectivity index (χ2n) is 17.2. The summed E-state index contributed by atoms with van der Waals surface area (Å²) in [6.07, 6.45) is 8.25. The third kappa shape index (κ3) is 9.89. The van der Waals surface area contributed by atoms with E-state index in [1.807, 2.05) is 37.4 Å². The molecular weight excluding hydrogens is 811 g/mol. The van der Waals surface area contributed by atoms with E-state index in [0.717, 1.165) is 132 Å². The molecule has 13 heteroatoms. The molecule has 7 aromatic rings. The van der Waals surface area contributed by atoms with E-state index in [1.165, 1.54) is 22.4 Å². The van der Waals surface area contributed by atoms with Crippen molar-refractivity contribution in [3.05, 3.63) is 154 Å². The van der Waals surface area contributed by atoms with E-state index in [0.29, 0.717) is 17.2 Å². The maximum atomic E-state index is 9.79. The summed E-state index contributed by atoms with van der Waals surface area (Å²) in [5.41, 5.74) is 29.2. The molecule has 2 fully saturated rings. The number of aromatic nitrogens is 4. The molecule has 0 spiro atoms. The van der Waals surface area contributed by atoms with Gasteiger partial charge in [-0.15, -0.1) is 4.98 Å². The maximum Gasteiger partial charge on any atom is 0.269 e. The Morgan fingerprint density at radius 1 is 0.631 bits per heavy atom. The van der Waals surface area contributed by atoms with Gasteiger partial charge in [-0.3, -0.25) is 15.0 Å². The summed E-state index contributed by atoms with van der Waals surface area (Å²) in [5, 5.41) is 19.4. The molecule has 13 nitrogen and oxygen atoms in total. The third-order valence-corrected chi connectivity index (χ3v) is 12.4. The lowest BCUT2D eigenvalue weighted by Crippen LogP contribution is -2.35. The predicted molar refractivity (Wildman–Crippen MR) is 262 cm³/mol. The average Bonchev–Trinajstić information content (AvgIpc) is 4.08. The fraction of sp³-hybridized carbons (Fsp3) is 0.269. The maximum absolute atomic E-state index is 9.79. The van der Waals surface area contributed by atoms with Crippen LogP contribution in [0.2, 0.25) is 0 Å². The molecule has 0 radical (unpaired) electrons. The van der Waals surface area contributed by atoms with Gasteiger partial charge in [0.1, 0.15) is 12.0 Å². The first-order valence-electron chi connectivity index (χ1n) is 22.2. The smallest absolute Gasteiger partial charge is 0.269 e. The molecule has 0 aliphatic carbocycles. The summed E-state index contributed by atoms with van der Waals surface area (Å²) in [4.78, 5) is 34.0. The summed E-state index contributed by atoms with van der Waals surface area (Å²) in [6, 6.07) is 32.6. The number of imidazole rings is 1. The van der Waals surface area contributed by atoms with E-state index < -0.39 is 0 Å². The number of nitrogens with zero attached hydrogens (tertiary/aromatic N) is 8. The Labute approximate surface area is 379 Å². The van der Waals surface area contributed by atoms with Crippen LogP contribution in [0.3, 0.4) is 0 Å². The number of pyridine rings is 2.